The van der Waals surface area contributed by atoms with Crippen LogP contribution in [0.15, 0.2) is 30.3 Å². The van der Waals surface area contributed by atoms with Crippen molar-refractivity contribution in [1.82, 2.24) is 10.4 Å². The van der Waals surface area contributed by atoms with Gasteiger partial charge in [-0.15, -0.1) is 0 Å². The Morgan fingerprint density at radius 3 is 2.52 bits per heavy atom. The molecule has 0 heterocycles. The summed E-state index contributed by atoms with van der Waals surface area (Å²) < 4.78 is 5.17. The second kappa shape index (κ2) is 10.6. The van der Waals surface area contributed by atoms with E-state index in [9.17, 15) is 9.59 Å². The van der Waals surface area contributed by atoms with Crippen LogP contribution < -0.4 is 5.32 Å². The summed E-state index contributed by atoms with van der Waals surface area (Å²) >= 11 is 0. The van der Waals surface area contributed by atoms with E-state index in [4.69, 9.17) is 9.57 Å². The number of benzene rings is 1. The molecule has 0 bridgehead atoms. The topological polar surface area (TPSA) is 67.9 Å². The van der Waals surface area contributed by atoms with Crippen LogP contribution in [0.1, 0.15) is 38.2 Å². The Morgan fingerprint density at radius 2 is 1.91 bits per heavy atom. The molecule has 1 atom stereocenters. The van der Waals surface area contributed by atoms with Crippen LogP contribution >= 0.6 is 0 Å². The smallest absolute Gasteiger partial charge is 0.408 e. The molecular weight excluding hydrogens is 296 g/mol. The van der Waals surface area contributed by atoms with Crippen LogP contribution in [-0.4, -0.2) is 37.3 Å². The maximum absolute atomic E-state index is 12.2. The fourth-order valence-electron chi connectivity index (χ4n) is 2.07. The van der Waals surface area contributed by atoms with E-state index < -0.39 is 12.1 Å². The van der Waals surface area contributed by atoms with Gasteiger partial charge in [-0.05, 0) is 12.0 Å². The third kappa shape index (κ3) is 7.15. The lowest BCUT2D eigenvalue weighted by Crippen LogP contribution is -2.47. The van der Waals surface area contributed by atoms with Gasteiger partial charge in [-0.2, -0.15) is 0 Å². The average Bonchev–Trinajstić information content (AvgIpc) is 2.58. The van der Waals surface area contributed by atoms with Gasteiger partial charge in [-0.3, -0.25) is 9.63 Å². The standard InChI is InChI=1S/C17H26N2O4/c1-4-5-7-12-15(16(20)19(2)22-3)18-17(21)23-13-14-10-8-6-9-11-14/h6,8-11,15H,4-5,7,12-13H2,1-3H3,(H,18,21). The third-order valence-electron chi connectivity index (χ3n) is 3.48. The Morgan fingerprint density at radius 1 is 1.22 bits per heavy atom. The van der Waals surface area contributed by atoms with Crippen molar-refractivity contribution in [3.8, 4) is 0 Å². The number of hydroxylamine groups is 2. The Balaban J connectivity index is 2.53. The minimum absolute atomic E-state index is 0.169. The average molecular weight is 322 g/mol. The van der Waals surface area contributed by atoms with E-state index in [2.05, 4.69) is 12.2 Å². The SMILES string of the molecule is CCCCCC(NC(=O)OCc1ccccc1)C(=O)N(C)OC. The number of rotatable bonds is 9. The molecule has 0 aromatic heterocycles. The fourth-order valence-corrected chi connectivity index (χ4v) is 2.07. The van der Waals surface area contributed by atoms with E-state index in [0.717, 1.165) is 29.9 Å². The zero-order chi connectivity index (χ0) is 17.1. The number of likely N-dealkylation sites (N-methyl/N-ethyl adjacent to an activating group) is 1. The summed E-state index contributed by atoms with van der Waals surface area (Å²) in [5, 5.41) is 3.75. The van der Waals surface area contributed by atoms with E-state index in [1.807, 2.05) is 30.3 Å². The van der Waals surface area contributed by atoms with E-state index in [1.165, 1.54) is 14.2 Å². The molecule has 128 valence electrons. The number of hydrogen-bond acceptors (Lipinski definition) is 4. The minimum atomic E-state index is -0.644. The number of nitrogens with zero attached hydrogens (tertiary/aromatic N) is 1. The third-order valence-corrected chi connectivity index (χ3v) is 3.48. The van der Waals surface area contributed by atoms with E-state index in [0.29, 0.717) is 6.42 Å². The van der Waals surface area contributed by atoms with Crippen molar-refractivity contribution in [2.24, 2.45) is 0 Å². The molecule has 0 radical (unpaired) electrons. The van der Waals surface area contributed by atoms with Crippen molar-refractivity contribution in [3.63, 3.8) is 0 Å². The number of hydrogen-bond donors (Lipinski definition) is 1. The summed E-state index contributed by atoms with van der Waals surface area (Å²) in [7, 11) is 2.93. The monoisotopic (exact) mass is 322 g/mol. The van der Waals surface area contributed by atoms with Gasteiger partial charge < -0.3 is 10.1 Å². The van der Waals surface area contributed by atoms with E-state index >= 15 is 0 Å². The number of ether oxygens (including phenoxy) is 1. The summed E-state index contributed by atoms with van der Waals surface area (Å²) in [5.41, 5.74) is 0.894. The zero-order valence-corrected chi connectivity index (χ0v) is 14.1. The molecule has 0 fully saturated rings. The van der Waals surface area contributed by atoms with Crippen molar-refractivity contribution in [2.45, 2.75) is 45.3 Å². The second-order valence-corrected chi connectivity index (χ2v) is 5.27. The summed E-state index contributed by atoms with van der Waals surface area (Å²) in [6, 6.07) is 8.75. The predicted octanol–water partition coefficient (Wildman–Crippen LogP) is 2.88. The minimum Gasteiger partial charge on any atom is -0.445 e. The molecule has 2 amide bonds. The van der Waals surface area contributed by atoms with Crippen molar-refractivity contribution in [2.75, 3.05) is 14.2 Å². The molecule has 1 N–H and O–H groups in total. The van der Waals surface area contributed by atoms with Crippen LogP contribution in [0.5, 0.6) is 0 Å². The lowest BCUT2D eigenvalue weighted by molar-refractivity contribution is -0.171. The van der Waals surface area contributed by atoms with Crippen LogP contribution in [0, 0.1) is 0 Å². The van der Waals surface area contributed by atoms with Crippen LogP contribution in [0.4, 0.5) is 4.79 Å². The van der Waals surface area contributed by atoms with Crippen LogP contribution in [0.2, 0.25) is 0 Å². The number of nitrogens with one attached hydrogen (secondary N) is 1. The van der Waals surface area contributed by atoms with Crippen molar-refractivity contribution in [1.29, 1.82) is 0 Å². The molecule has 23 heavy (non-hydrogen) atoms. The highest BCUT2D eigenvalue weighted by atomic mass is 16.7. The lowest BCUT2D eigenvalue weighted by atomic mass is 10.1. The molecule has 0 aliphatic heterocycles. The largest absolute Gasteiger partial charge is 0.445 e. The zero-order valence-electron chi connectivity index (χ0n) is 14.1. The van der Waals surface area contributed by atoms with E-state index in [1.54, 1.807) is 0 Å². The van der Waals surface area contributed by atoms with Gasteiger partial charge in [0.1, 0.15) is 12.6 Å². The molecule has 6 heteroatoms. The highest BCUT2D eigenvalue weighted by molar-refractivity contribution is 5.84. The predicted molar refractivity (Wildman–Crippen MR) is 87.5 cm³/mol. The quantitative estimate of drug-likeness (QED) is 0.561. The molecule has 0 saturated carbocycles. The Labute approximate surface area is 137 Å². The first-order valence-corrected chi connectivity index (χ1v) is 7.87. The first kappa shape index (κ1) is 19.0. The molecule has 1 aromatic rings. The number of amides is 2. The molecule has 0 saturated heterocycles. The van der Waals surface area contributed by atoms with Crippen LogP contribution in [-0.2, 0) is 21.0 Å². The fraction of sp³-hybridized carbons (Fsp3) is 0.529. The summed E-state index contributed by atoms with van der Waals surface area (Å²) in [6.07, 6.45) is 2.85. The molecule has 1 rings (SSSR count). The van der Waals surface area contributed by atoms with Crippen molar-refractivity contribution >= 4 is 12.0 Å². The van der Waals surface area contributed by atoms with Crippen LogP contribution in [0.25, 0.3) is 0 Å². The van der Waals surface area contributed by atoms with Crippen molar-refractivity contribution < 1.29 is 19.2 Å². The highest BCUT2D eigenvalue weighted by Crippen LogP contribution is 2.07. The molecular formula is C17H26N2O4. The maximum Gasteiger partial charge on any atom is 0.408 e. The molecule has 6 nitrogen and oxygen atoms in total. The molecule has 1 unspecified atom stereocenters. The van der Waals surface area contributed by atoms with Gasteiger partial charge in [0.2, 0.25) is 0 Å². The first-order valence-electron chi connectivity index (χ1n) is 7.87. The second-order valence-electron chi connectivity index (χ2n) is 5.27. The van der Waals surface area contributed by atoms with Gasteiger partial charge in [0.25, 0.3) is 5.91 Å². The van der Waals surface area contributed by atoms with Gasteiger partial charge >= 0.3 is 6.09 Å². The Kier molecular flexibility index (Phi) is 8.75. The lowest BCUT2D eigenvalue weighted by Gasteiger charge is -2.22. The Bertz CT molecular complexity index is 479. The van der Waals surface area contributed by atoms with Gasteiger partial charge in [0.05, 0.1) is 7.11 Å². The summed E-state index contributed by atoms with van der Waals surface area (Å²) in [5.74, 6) is -0.291. The molecule has 0 aliphatic carbocycles. The number of carbonyl (C=O) groups is 2. The number of carbonyl (C=O) groups excluding carboxylic acids is 2. The van der Waals surface area contributed by atoms with Gasteiger partial charge in [-0.1, -0.05) is 56.5 Å². The normalized spacial score (nSPS) is 11.6. The van der Waals surface area contributed by atoms with Gasteiger partial charge in [0, 0.05) is 7.05 Å². The van der Waals surface area contributed by atoms with E-state index in [-0.39, 0.29) is 12.5 Å². The number of alkyl carbamates (subject to hydrolysis) is 1. The summed E-state index contributed by atoms with van der Waals surface area (Å²) in [6.45, 7) is 2.25. The molecule has 1 aromatic carbocycles. The van der Waals surface area contributed by atoms with Gasteiger partial charge in [-0.25, -0.2) is 9.86 Å². The number of unbranched alkanes of at least 4 members (excludes halogenated alkanes) is 2. The molecule has 0 spiro atoms. The van der Waals surface area contributed by atoms with Gasteiger partial charge in [0.15, 0.2) is 0 Å². The Hall–Kier alpha value is -2.08. The van der Waals surface area contributed by atoms with Crippen molar-refractivity contribution in [3.05, 3.63) is 35.9 Å². The summed E-state index contributed by atoms with van der Waals surface area (Å²) in [4.78, 5) is 29.0. The highest BCUT2D eigenvalue weighted by Gasteiger charge is 2.24. The molecule has 0 aliphatic rings. The maximum atomic E-state index is 12.2. The van der Waals surface area contributed by atoms with Crippen LogP contribution in [0.3, 0.4) is 0 Å². The first-order chi connectivity index (χ1) is 11.1.